The lowest BCUT2D eigenvalue weighted by molar-refractivity contribution is -0.129. The molecule has 0 unspecified atom stereocenters. The van der Waals surface area contributed by atoms with Crippen molar-refractivity contribution in [1.29, 1.82) is 0 Å². The molecule has 4 nitrogen and oxygen atoms in total. The highest BCUT2D eigenvalue weighted by Gasteiger charge is 2.36. The minimum atomic E-state index is -0.850. The summed E-state index contributed by atoms with van der Waals surface area (Å²) in [5, 5.41) is 3.73. The number of pyridine rings is 1. The molecule has 0 aliphatic carbocycles. The van der Waals surface area contributed by atoms with Gasteiger partial charge >= 0.3 is 0 Å². The summed E-state index contributed by atoms with van der Waals surface area (Å²) in [6.45, 7) is 3.50. The van der Waals surface area contributed by atoms with Gasteiger partial charge in [0.15, 0.2) is 11.4 Å². The number of carbonyl (C=O) groups excluding carboxylic acids is 1. The number of nitrogens with zero attached hydrogens (tertiary/aromatic N) is 1. The highest BCUT2D eigenvalue weighted by atomic mass is 16.5. The number of nitrogens with one attached hydrogen (secondary N) is 1. The molecule has 1 aromatic carbocycles. The molecule has 1 aliphatic rings. The van der Waals surface area contributed by atoms with Gasteiger partial charge in [-0.25, -0.2) is 0 Å². The van der Waals surface area contributed by atoms with Crippen LogP contribution in [0.5, 0.6) is 5.75 Å². The first-order chi connectivity index (χ1) is 8.08. The van der Waals surface area contributed by atoms with Gasteiger partial charge in [-0.3, -0.25) is 9.78 Å². The molecule has 0 saturated carbocycles. The summed E-state index contributed by atoms with van der Waals surface area (Å²) >= 11 is 0. The summed E-state index contributed by atoms with van der Waals surface area (Å²) in [5.74, 6) is 0.544. The zero-order valence-electron chi connectivity index (χ0n) is 9.65. The van der Waals surface area contributed by atoms with Gasteiger partial charge in [-0.1, -0.05) is 12.1 Å². The Bertz CT molecular complexity index is 620. The zero-order valence-corrected chi connectivity index (χ0v) is 9.65. The number of aromatic nitrogens is 1. The molecule has 2 heterocycles. The number of ether oxygens (including phenoxy) is 1. The SMILES string of the molecule is CC1(C)Oc2c(cnc3ccccc23)NC1=O. The van der Waals surface area contributed by atoms with Crippen LogP contribution in [0, 0.1) is 0 Å². The normalized spacial score (nSPS) is 17.2. The summed E-state index contributed by atoms with van der Waals surface area (Å²) in [6.07, 6.45) is 1.63. The lowest BCUT2D eigenvalue weighted by Gasteiger charge is -2.31. The third-order valence-electron chi connectivity index (χ3n) is 2.88. The van der Waals surface area contributed by atoms with Gasteiger partial charge in [0.25, 0.3) is 5.91 Å². The van der Waals surface area contributed by atoms with E-state index >= 15 is 0 Å². The number of amides is 1. The molecule has 1 amide bonds. The van der Waals surface area contributed by atoms with E-state index in [1.54, 1.807) is 20.0 Å². The number of para-hydroxylation sites is 1. The van der Waals surface area contributed by atoms with E-state index < -0.39 is 5.60 Å². The second-order valence-corrected chi connectivity index (χ2v) is 4.58. The second kappa shape index (κ2) is 3.20. The molecule has 0 radical (unpaired) electrons. The van der Waals surface area contributed by atoms with Crippen molar-refractivity contribution in [3.05, 3.63) is 30.5 Å². The van der Waals surface area contributed by atoms with Crippen LogP contribution >= 0.6 is 0 Å². The molecule has 17 heavy (non-hydrogen) atoms. The Labute approximate surface area is 98.6 Å². The van der Waals surface area contributed by atoms with Gasteiger partial charge in [0.2, 0.25) is 0 Å². The Hall–Kier alpha value is -2.10. The number of hydrogen-bond acceptors (Lipinski definition) is 3. The largest absolute Gasteiger partial charge is 0.475 e. The third-order valence-corrected chi connectivity index (χ3v) is 2.88. The molecule has 86 valence electrons. The smallest absolute Gasteiger partial charge is 0.268 e. The topological polar surface area (TPSA) is 51.2 Å². The van der Waals surface area contributed by atoms with Crippen molar-refractivity contribution in [2.24, 2.45) is 0 Å². The number of benzene rings is 1. The van der Waals surface area contributed by atoms with Gasteiger partial charge in [-0.15, -0.1) is 0 Å². The molecule has 0 saturated heterocycles. The first-order valence-electron chi connectivity index (χ1n) is 5.46. The minimum absolute atomic E-state index is 0.151. The van der Waals surface area contributed by atoms with Crippen LogP contribution < -0.4 is 10.1 Å². The van der Waals surface area contributed by atoms with Crippen LogP contribution in [0.3, 0.4) is 0 Å². The number of carbonyl (C=O) groups is 1. The Balaban J connectivity index is 2.27. The van der Waals surface area contributed by atoms with Crippen molar-refractivity contribution >= 4 is 22.5 Å². The average Bonchev–Trinajstić information content (AvgIpc) is 2.31. The third kappa shape index (κ3) is 1.45. The number of hydrogen-bond donors (Lipinski definition) is 1. The van der Waals surface area contributed by atoms with Crippen molar-refractivity contribution in [2.45, 2.75) is 19.4 Å². The average molecular weight is 228 g/mol. The van der Waals surface area contributed by atoms with Crippen LogP contribution in [-0.4, -0.2) is 16.5 Å². The molecule has 0 fully saturated rings. The lowest BCUT2D eigenvalue weighted by Crippen LogP contribution is -2.45. The van der Waals surface area contributed by atoms with Gasteiger partial charge in [0.1, 0.15) is 5.69 Å². The van der Waals surface area contributed by atoms with Gasteiger partial charge in [0, 0.05) is 5.39 Å². The van der Waals surface area contributed by atoms with Gasteiger partial charge in [0.05, 0.1) is 11.7 Å². The van der Waals surface area contributed by atoms with Crippen LogP contribution in [0.25, 0.3) is 10.9 Å². The fraction of sp³-hybridized carbons (Fsp3) is 0.231. The molecule has 1 N–H and O–H groups in total. The molecule has 0 atom stereocenters. The summed E-state index contributed by atoms with van der Waals surface area (Å²) in [6, 6.07) is 7.71. The first kappa shape index (κ1) is 10.1. The predicted octanol–water partition coefficient (Wildman–Crippen LogP) is 2.34. The van der Waals surface area contributed by atoms with Crippen LogP contribution in [0.15, 0.2) is 30.5 Å². The maximum absolute atomic E-state index is 11.8. The van der Waals surface area contributed by atoms with Crippen molar-refractivity contribution in [1.82, 2.24) is 4.98 Å². The Morgan fingerprint density at radius 1 is 1.29 bits per heavy atom. The predicted molar refractivity (Wildman–Crippen MR) is 65.1 cm³/mol. The van der Waals surface area contributed by atoms with E-state index in [1.165, 1.54) is 0 Å². The van der Waals surface area contributed by atoms with Crippen molar-refractivity contribution in [2.75, 3.05) is 5.32 Å². The van der Waals surface area contributed by atoms with E-state index in [2.05, 4.69) is 10.3 Å². The lowest BCUT2D eigenvalue weighted by atomic mass is 10.1. The maximum atomic E-state index is 11.8. The summed E-state index contributed by atoms with van der Waals surface area (Å²) in [4.78, 5) is 16.0. The standard InChI is InChI=1S/C13H12N2O2/c1-13(2)12(16)15-10-7-14-9-6-4-3-5-8(9)11(10)17-13/h3-7H,1-2H3,(H,15,16). The summed E-state index contributed by atoms with van der Waals surface area (Å²) < 4.78 is 5.79. The van der Waals surface area contributed by atoms with Crippen molar-refractivity contribution in [3.63, 3.8) is 0 Å². The molecule has 0 spiro atoms. The molecular formula is C13H12N2O2. The summed E-state index contributed by atoms with van der Waals surface area (Å²) in [5.41, 5.74) is 0.642. The second-order valence-electron chi connectivity index (χ2n) is 4.58. The molecule has 2 aromatic rings. The quantitative estimate of drug-likeness (QED) is 0.753. The highest BCUT2D eigenvalue weighted by molar-refractivity contribution is 6.04. The van der Waals surface area contributed by atoms with E-state index in [0.29, 0.717) is 11.4 Å². The monoisotopic (exact) mass is 228 g/mol. The molecule has 1 aliphatic heterocycles. The van der Waals surface area contributed by atoms with Crippen LogP contribution in [0.1, 0.15) is 13.8 Å². The molecule has 0 bridgehead atoms. The molecule has 4 heteroatoms. The van der Waals surface area contributed by atoms with Crippen molar-refractivity contribution < 1.29 is 9.53 Å². The van der Waals surface area contributed by atoms with E-state index in [1.807, 2.05) is 24.3 Å². The van der Waals surface area contributed by atoms with Crippen LogP contribution in [0.4, 0.5) is 5.69 Å². The zero-order chi connectivity index (χ0) is 12.0. The maximum Gasteiger partial charge on any atom is 0.268 e. The van der Waals surface area contributed by atoms with Gasteiger partial charge in [-0.05, 0) is 26.0 Å². The van der Waals surface area contributed by atoms with E-state index in [4.69, 9.17) is 4.74 Å². The van der Waals surface area contributed by atoms with Crippen LogP contribution in [0.2, 0.25) is 0 Å². The number of rotatable bonds is 0. The van der Waals surface area contributed by atoms with Gasteiger partial charge in [-0.2, -0.15) is 0 Å². The molecule has 1 aromatic heterocycles. The van der Waals surface area contributed by atoms with Crippen LogP contribution in [-0.2, 0) is 4.79 Å². The molecule has 3 rings (SSSR count). The highest BCUT2D eigenvalue weighted by Crippen LogP contribution is 2.38. The summed E-state index contributed by atoms with van der Waals surface area (Å²) in [7, 11) is 0. The Morgan fingerprint density at radius 3 is 2.88 bits per heavy atom. The Morgan fingerprint density at radius 2 is 2.06 bits per heavy atom. The number of fused-ring (bicyclic) bond motifs is 3. The molecular weight excluding hydrogens is 216 g/mol. The van der Waals surface area contributed by atoms with E-state index in [9.17, 15) is 4.79 Å². The van der Waals surface area contributed by atoms with E-state index in [-0.39, 0.29) is 5.91 Å². The first-order valence-corrected chi connectivity index (χ1v) is 5.46. The fourth-order valence-corrected chi connectivity index (χ4v) is 1.89. The fourth-order valence-electron chi connectivity index (χ4n) is 1.89. The van der Waals surface area contributed by atoms with E-state index in [0.717, 1.165) is 10.9 Å². The van der Waals surface area contributed by atoms with Crippen molar-refractivity contribution in [3.8, 4) is 5.75 Å². The van der Waals surface area contributed by atoms with Gasteiger partial charge < -0.3 is 10.1 Å². The minimum Gasteiger partial charge on any atom is -0.475 e. The Kier molecular flexibility index (Phi) is 1.90. The number of anilines is 1.